The highest BCUT2D eigenvalue weighted by atomic mass is 32.2. The molecule has 0 saturated heterocycles. The largest absolute Gasteiger partial charge is 0.477 e. The van der Waals surface area contributed by atoms with Crippen LogP contribution in [0.1, 0.15) is 48.7 Å². The van der Waals surface area contributed by atoms with E-state index in [1.165, 1.54) is 11.4 Å². The predicted molar refractivity (Wildman–Crippen MR) is 73.1 cm³/mol. The van der Waals surface area contributed by atoms with Crippen LogP contribution in [-0.2, 0) is 10.0 Å². The number of rotatable bonds is 4. The van der Waals surface area contributed by atoms with E-state index in [0.717, 1.165) is 43.4 Å². The van der Waals surface area contributed by atoms with Crippen molar-refractivity contribution < 1.29 is 18.3 Å². The third-order valence-electron chi connectivity index (χ3n) is 3.45. The van der Waals surface area contributed by atoms with E-state index in [1.807, 2.05) is 6.92 Å². The number of sulfonamides is 1. The average Bonchev–Trinajstić information content (AvgIpc) is 2.78. The fourth-order valence-corrected chi connectivity index (χ4v) is 5.20. The lowest BCUT2D eigenvalue weighted by molar-refractivity contribution is 0.0698. The van der Waals surface area contributed by atoms with Crippen molar-refractivity contribution >= 4 is 27.3 Å². The first-order valence-electron chi connectivity index (χ1n) is 6.19. The van der Waals surface area contributed by atoms with Crippen LogP contribution in [0.2, 0.25) is 0 Å². The highest BCUT2D eigenvalue weighted by Gasteiger charge is 2.34. The van der Waals surface area contributed by atoms with Gasteiger partial charge in [-0.15, -0.1) is 11.3 Å². The first-order chi connectivity index (χ1) is 8.84. The van der Waals surface area contributed by atoms with Gasteiger partial charge in [0.05, 0.1) is 0 Å². The maximum absolute atomic E-state index is 12.3. The van der Waals surface area contributed by atoms with Gasteiger partial charge < -0.3 is 5.11 Å². The first-order valence-corrected chi connectivity index (χ1v) is 8.55. The number of carbonyl (C=O) groups is 1. The molecule has 5 nitrogen and oxygen atoms in total. The van der Waals surface area contributed by atoms with Crippen LogP contribution in [0.15, 0.2) is 16.3 Å². The SMILES string of the molecule is CC1(NS(=O)(=O)c2ccsc2C(=O)O)CCCCC1. The molecule has 0 radical (unpaired) electrons. The molecule has 106 valence electrons. The highest BCUT2D eigenvalue weighted by Crippen LogP contribution is 2.30. The van der Waals surface area contributed by atoms with Gasteiger partial charge in [-0.1, -0.05) is 19.3 Å². The summed E-state index contributed by atoms with van der Waals surface area (Å²) in [4.78, 5) is 10.8. The van der Waals surface area contributed by atoms with Gasteiger partial charge in [0, 0.05) is 5.54 Å². The third kappa shape index (κ3) is 3.16. The average molecular weight is 303 g/mol. The molecule has 7 heteroatoms. The number of hydrogen-bond donors (Lipinski definition) is 2. The highest BCUT2D eigenvalue weighted by molar-refractivity contribution is 7.89. The van der Waals surface area contributed by atoms with Crippen LogP contribution in [0, 0.1) is 0 Å². The van der Waals surface area contributed by atoms with Gasteiger partial charge in [0.25, 0.3) is 0 Å². The molecule has 0 unspecified atom stereocenters. The Kier molecular flexibility index (Phi) is 3.98. The topological polar surface area (TPSA) is 83.5 Å². The predicted octanol–water partition coefficient (Wildman–Crippen LogP) is 2.45. The van der Waals surface area contributed by atoms with Crippen LogP contribution in [0.4, 0.5) is 0 Å². The van der Waals surface area contributed by atoms with Crippen LogP contribution in [0.5, 0.6) is 0 Å². The van der Waals surface area contributed by atoms with Crippen molar-refractivity contribution in [2.24, 2.45) is 0 Å². The van der Waals surface area contributed by atoms with Gasteiger partial charge in [-0.25, -0.2) is 17.9 Å². The number of nitrogens with one attached hydrogen (secondary N) is 1. The molecule has 0 spiro atoms. The van der Waals surface area contributed by atoms with Gasteiger partial charge in [0.2, 0.25) is 10.0 Å². The summed E-state index contributed by atoms with van der Waals surface area (Å²) in [6.07, 6.45) is 4.69. The van der Waals surface area contributed by atoms with Gasteiger partial charge in [0.15, 0.2) is 0 Å². The molecule has 19 heavy (non-hydrogen) atoms. The molecule has 0 atom stereocenters. The summed E-state index contributed by atoms with van der Waals surface area (Å²) in [5.41, 5.74) is -0.463. The Morgan fingerprint density at radius 3 is 2.58 bits per heavy atom. The summed E-state index contributed by atoms with van der Waals surface area (Å²) >= 11 is 0.927. The molecule has 0 aromatic carbocycles. The van der Waals surface area contributed by atoms with E-state index in [0.29, 0.717) is 0 Å². The van der Waals surface area contributed by atoms with Crippen molar-refractivity contribution in [2.75, 3.05) is 0 Å². The van der Waals surface area contributed by atoms with Crippen LogP contribution >= 0.6 is 11.3 Å². The third-order valence-corrected chi connectivity index (χ3v) is 6.16. The van der Waals surface area contributed by atoms with E-state index in [9.17, 15) is 13.2 Å². The summed E-state index contributed by atoms with van der Waals surface area (Å²) in [5, 5.41) is 10.5. The summed E-state index contributed by atoms with van der Waals surface area (Å²) in [6.45, 7) is 1.89. The number of thiophene rings is 1. The molecule has 0 amide bonds. The lowest BCUT2D eigenvalue weighted by atomic mass is 9.84. The van der Waals surface area contributed by atoms with Crippen molar-refractivity contribution in [1.29, 1.82) is 0 Å². The number of carboxylic acid groups (broad SMARTS) is 1. The number of carboxylic acids is 1. The molecule has 0 aliphatic heterocycles. The zero-order valence-corrected chi connectivity index (χ0v) is 12.3. The fourth-order valence-electron chi connectivity index (χ4n) is 2.48. The van der Waals surface area contributed by atoms with Crippen molar-refractivity contribution in [2.45, 2.75) is 49.5 Å². The molecule has 2 rings (SSSR count). The smallest absolute Gasteiger partial charge is 0.347 e. The van der Waals surface area contributed by atoms with Gasteiger partial charge in [-0.2, -0.15) is 0 Å². The second-order valence-corrected chi connectivity index (χ2v) is 7.71. The molecule has 2 N–H and O–H groups in total. The maximum Gasteiger partial charge on any atom is 0.347 e. The first kappa shape index (κ1) is 14.5. The van der Waals surface area contributed by atoms with Gasteiger partial charge >= 0.3 is 5.97 Å². The van der Waals surface area contributed by atoms with E-state index in [4.69, 9.17) is 5.11 Å². The van der Waals surface area contributed by atoms with Gasteiger partial charge in [0.1, 0.15) is 9.77 Å². The second kappa shape index (κ2) is 5.22. The van der Waals surface area contributed by atoms with E-state index in [1.54, 1.807) is 0 Å². The Balaban J connectivity index is 2.27. The van der Waals surface area contributed by atoms with Gasteiger partial charge in [-0.05, 0) is 31.2 Å². The van der Waals surface area contributed by atoms with E-state index < -0.39 is 21.5 Å². The quantitative estimate of drug-likeness (QED) is 0.895. The molecule has 1 fully saturated rings. The van der Waals surface area contributed by atoms with Crippen molar-refractivity contribution in [3.05, 3.63) is 16.3 Å². The normalized spacial score (nSPS) is 19.2. The minimum atomic E-state index is -3.77. The monoisotopic (exact) mass is 303 g/mol. The van der Waals surface area contributed by atoms with Crippen LogP contribution in [0.3, 0.4) is 0 Å². The minimum Gasteiger partial charge on any atom is -0.477 e. The van der Waals surface area contributed by atoms with E-state index in [2.05, 4.69) is 4.72 Å². The number of aromatic carboxylic acids is 1. The Hall–Kier alpha value is -0.920. The van der Waals surface area contributed by atoms with Gasteiger partial charge in [-0.3, -0.25) is 0 Å². The zero-order valence-electron chi connectivity index (χ0n) is 10.7. The fraction of sp³-hybridized carbons (Fsp3) is 0.583. The molecule has 1 heterocycles. The second-order valence-electron chi connectivity index (χ2n) is 5.15. The van der Waals surface area contributed by atoms with Crippen molar-refractivity contribution in [3.63, 3.8) is 0 Å². The molecule has 1 aromatic heterocycles. The lowest BCUT2D eigenvalue weighted by Crippen LogP contribution is -2.47. The summed E-state index contributed by atoms with van der Waals surface area (Å²) < 4.78 is 27.3. The van der Waals surface area contributed by atoms with E-state index in [-0.39, 0.29) is 9.77 Å². The minimum absolute atomic E-state index is 0.128. The van der Waals surface area contributed by atoms with Crippen LogP contribution < -0.4 is 4.72 Å². The number of hydrogen-bond acceptors (Lipinski definition) is 4. The standard InChI is InChI=1S/C12H17NO4S2/c1-12(6-3-2-4-7-12)13-19(16,17)9-5-8-18-10(9)11(14)15/h5,8,13H,2-4,6-7H2,1H3,(H,14,15). The molecule has 1 saturated carbocycles. The Bertz CT molecular complexity index is 570. The van der Waals surface area contributed by atoms with Crippen molar-refractivity contribution in [1.82, 2.24) is 4.72 Å². The Morgan fingerprint density at radius 1 is 1.37 bits per heavy atom. The molecular formula is C12H17NO4S2. The van der Waals surface area contributed by atoms with Crippen LogP contribution in [0.25, 0.3) is 0 Å². The summed E-state index contributed by atoms with van der Waals surface area (Å²) in [6, 6.07) is 1.35. The molecular weight excluding hydrogens is 286 g/mol. The van der Waals surface area contributed by atoms with Crippen molar-refractivity contribution in [3.8, 4) is 0 Å². The molecule has 1 aliphatic carbocycles. The summed E-state index contributed by atoms with van der Waals surface area (Å²) in [7, 11) is -3.77. The molecule has 1 aromatic rings. The lowest BCUT2D eigenvalue weighted by Gasteiger charge is -2.34. The Labute approximate surface area is 116 Å². The van der Waals surface area contributed by atoms with E-state index >= 15 is 0 Å². The molecule has 0 bridgehead atoms. The Morgan fingerprint density at radius 2 is 2.00 bits per heavy atom. The summed E-state index contributed by atoms with van der Waals surface area (Å²) in [5.74, 6) is -1.20. The van der Waals surface area contributed by atoms with Crippen LogP contribution in [-0.4, -0.2) is 25.0 Å². The maximum atomic E-state index is 12.3. The molecule has 1 aliphatic rings. The zero-order chi connectivity index (χ0) is 14.1.